The molecule has 8 nitrogen and oxygen atoms in total. The molecule has 0 saturated heterocycles. The fourth-order valence-corrected chi connectivity index (χ4v) is 4.69. The number of carbonyl (C=O) groups is 2. The number of nitrogens with one attached hydrogen (secondary N) is 1. The first-order valence-corrected chi connectivity index (χ1v) is 12.7. The Morgan fingerprint density at radius 3 is 2.51 bits per heavy atom. The smallest absolute Gasteiger partial charge is 0.305 e. The minimum atomic E-state index is -1.12. The fraction of sp³-hybridized carbons (Fsp3) is 0.345. The Balaban J connectivity index is 1.68. The summed E-state index contributed by atoms with van der Waals surface area (Å²) >= 11 is 0. The number of hydrogen-bond acceptors (Lipinski definition) is 5. The second-order valence-corrected chi connectivity index (χ2v) is 9.56. The first-order chi connectivity index (χ1) is 18.7. The van der Waals surface area contributed by atoms with Gasteiger partial charge < -0.3 is 24.5 Å². The molecule has 0 bridgehead atoms. The molecule has 2 atom stereocenters. The topological polar surface area (TPSA) is 107 Å². The number of unbranched alkanes of at least 4 members (excludes halogenated alkanes) is 1. The molecule has 1 aliphatic rings. The van der Waals surface area contributed by atoms with E-state index < -0.39 is 47.6 Å². The minimum absolute atomic E-state index is 0.0449. The highest BCUT2D eigenvalue weighted by atomic mass is 19.1. The van der Waals surface area contributed by atoms with Crippen molar-refractivity contribution in [3.05, 3.63) is 92.9 Å². The van der Waals surface area contributed by atoms with Crippen molar-refractivity contribution in [3.8, 4) is 11.5 Å². The van der Waals surface area contributed by atoms with Crippen molar-refractivity contribution in [2.75, 3.05) is 6.79 Å². The summed E-state index contributed by atoms with van der Waals surface area (Å²) in [5.41, 5.74) is 0.513. The number of carboxylic acids is 1. The third kappa shape index (κ3) is 6.45. The van der Waals surface area contributed by atoms with Crippen LogP contribution in [-0.2, 0) is 16.0 Å². The molecular weight excluding hydrogens is 510 g/mol. The lowest BCUT2D eigenvalue weighted by Crippen LogP contribution is -2.40. The van der Waals surface area contributed by atoms with E-state index in [9.17, 15) is 28.3 Å². The Labute approximate surface area is 224 Å². The number of ether oxygens (including phenoxy) is 2. The molecule has 0 unspecified atom stereocenters. The maximum Gasteiger partial charge on any atom is 0.305 e. The average Bonchev–Trinajstić information content (AvgIpc) is 3.36. The molecule has 0 radical (unpaired) electrons. The number of aromatic nitrogens is 1. The summed E-state index contributed by atoms with van der Waals surface area (Å²) in [5.74, 6) is -2.22. The maximum atomic E-state index is 14.3. The summed E-state index contributed by atoms with van der Waals surface area (Å²) in [4.78, 5) is 38.8. The Morgan fingerprint density at radius 2 is 1.82 bits per heavy atom. The summed E-state index contributed by atoms with van der Waals surface area (Å²) in [6.45, 7) is 3.72. The van der Waals surface area contributed by atoms with Crippen molar-refractivity contribution in [2.24, 2.45) is 0 Å². The molecule has 1 aliphatic heterocycles. The molecule has 0 fully saturated rings. The second kappa shape index (κ2) is 12.1. The molecule has 4 rings (SSSR count). The zero-order valence-corrected chi connectivity index (χ0v) is 21.7. The molecule has 0 spiro atoms. The highest BCUT2D eigenvalue weighted by Gasteiger charge is 2.28. The van der Waals surface area contributed by atoms with Crippen LogP contribution in [0.4, 0.5) is 8.78 Å². The molecule has 1 aromatic heterocycles. The van der Waals surface area contributed by atoms with Gasteiger partial charge in [-0.15, -0.1) is 0 Å². The molecular formula is C29H30F2N2O6. The fourth-order valence-electron chi connectivity index (χ4n) is 4.69. The number of aliphatic carboxylic acids is 1. The highest BCUT2D eigenvalue weighted by molar-refractivity contribution is 5.81. The lowest BCUT2D eigenvalue weighted by molar-refractivity contribution is -0.138. The van der Waals surface area contributed by atoms with Crippen LogP contribution in [-0.4, -0.2) is 28.3 Å². The van der Waals surface area contributed by atoms with Crippen LogP contribution < -0.4 is 20.3 Å². The van der Waals surface area contributed by atoms with E-state index in [-0.39, 0.29) is 24.3 Å². The Hall–Kier alpha value is -4.21. The van der Waals surface area contributed by atoms with Crippen LogP contribution in [0.2, 0.25) is 0 Å². The molecule has 0 saturated carbocycles. The average molecular weight is 541 g/mol. The Bertz CT molecular complexity index is 1420. The van der Waals surface area contributed by atoms with Crippen molar-refractivity contribution < 1.29 is 33.0 Å². The number of fused-ring (bicyclic) bond motifs is 1. The molecule has 2 N–H and O–H groups in total. The van der Waals surface area contributed by atoms with Gasteiger partial charge >= 0.3 is 5.97 Å². The minimum Gasteiger partial charge on any atom is -0.481 e. The standard InChI is InChI=1S/C29H30F2N2O6/c1-3-4-8-24(28(36)32-23(14-27(34)35)18-9-10-25-26(13-18)39-16-38-25)33-15-17(2)11-19(29(33)37)12-20-21(30)6-5-7-22(20)31/h5-7,9-11,13,15,23-24H,3-4,8,12,14,16H2,1-2H3,(H,32,36)(H,34,35)/t23-,24+/m0/s1. The van der Waals surface area contributed by atoms with E-state index in [0.717, 1.165) is 18.6 Å². The number of benzene rings is 2. The number of amides is 1. The molecule has 39 heavy (non-hydrogen) atoms. The van der Waals surface area contributed by atoms with Crippen molar-refractivity contribution in [2.45, 2.75) is 58.0 Å². The third-order valence-electron chi connectivity index (χ3n) is 6.65. The largest absolute Gasteiger partial charge is 0.481 e. The molecule has 1 amide bonds. The van der Waals surface area contributed by atoms with E-state index in [1.165, 1.54) is 16.8 Å². The maximum absolute atomic E-state index is 14.3. The lowest BCUT2D eigenvalue weighted by atomic mass is 10.0. The van der Waals surface area contributed by atoms with Crippen LogP contribution in [0.1, 0.15) is 66.9 Å². The van der Waals surface area contributed by atoms with Crippen molar-refractivity contribution in [1.29, 1.82) is 0 Å². The number of rotatable bonds is 11. The number of pyridine rings is 1. The molecule has 206 valence electrons. The summed E-state index contributed by atoms with van der Waals surface area (Å²) in [6.07, 6.45) is 2.53. The number of nitrogens with zero attached hydrogens (tertiary/aromatic N) is 1. The van der Waals surface area contributed by atoms with Crippen LogP contribution in [0.15, 0.2) is 53.5 Å². The highest BCUT2D eigenvalue weighted by Crippen LogP contribution is 2.35. The van der Waals surface area contributed by atoms with Crippen molar-refractivity contribution in [3.63, 3.8) is 0 Å². The van der Waals surface area contributed by atoms with Gasteiger partial charge in [0.25, 0.3) is 5.56 Å². The number of hydrogen-bond donors (Lipinski definition) is 2. The van der Waals surface area contributed by atoms with Crippen LogP contribution in [0, 0.1) is 18.6 Å². The summed E-state index contributed by atoms with van der Waals surface area (Å²) in [6, 6.07) is 8.12. The van der Waals surface area contributed by atoms with Gasteiger partial charge in [-0.25, -0.2) is 8.78 Å². The van der Waals surface area contributed by atoms with Gasteiger partial charge in [0.1, 0.15) is 17.7 Å². The summed E-state index contributed by atoms with van der Waals surface area (Å²) < 4.78 is 40.7. The van der Waals surface area contributed by atoms with Crippen molar-refractivity contribution >= 4 is 11.9 Å². The molecule has 10 heteroatoms. The second-order valence-electron chi connectivity index (χ2n) is 9.56. The van der Waals surface area contributed by atoms with Gasteiger partial charge in [0.2, 0.25) is 12.7 Å². The first kappa shape index (κ1) is 27.8. The zero-order valence-electron chi connectivity index (χ0n) is 21.7. The SMILES string of the molecule is CCCC[C@H](C(=O)N[C@@H](CC(=O)O)c1ccc2c(c1)OCO2)n1cc(C)cc(Cc2c(F)cccc2F)c1=O. The van der Waals surface area contributed by atoms with E-state index in [2.05, 4.69) is 5.32 Å². The van der Waals surface area contributed by atoms with Crippen LogP contribution in [0.25, 0.3) is 0 Å². The van der Waals surface area contributed by atoms with E-state index in [1.807, 2.05) is 6.92 Å². The molecule has 2 aromatic carbocycles. The van der Waals surface area contributed by atoms with Gasteiger partial charge in [0.15, 0.2) is 11.5 Å². The van der Waals surface area contributed by atoms with Gasteiger partial charge in [-0.05, 0) is 54.8 Å². The monoisotopic (exact) mass is 540 g/mol. The van der Waals surface area contributed by atoms with Gasteiger partial charge in [-0.3, -0.25) is 14.4 Å². The quantitative estimate of drug-likeness (QED) is 0.361. The number of carbonyl (C=O) groups excluding carboxylic acids is 1. The van der Waals surface area contributed by atoms with Crippen LogP contribution in [0.5, 0.6) is 11.5 Å². The zero-order chi connectivity index (χ0) is 28.1. The third-order valence-corrected chi connectivity index (χ3v) is 6.65. The number of aryl methyl sites for hydroxylation is 1. The van der Waals surface area contributed by atoms with Gasteiger partial charge in [0.05, 0.1) is 12.5 Å². The van der Waals surface area contributed by atoms with E-state index in [0.29, 0.717) is 35.5 Å². The predicted octanol–water partition coefficient (Wildman–Crippen LogP) is 4.82. The summed E-state index contributed by atoms with van der Waals surface area (Å²) in [7, 11) is 0. The Kier molecular flexibility index (Phi) is 8.63. The normalized spacial score (nSPS) is 13.6. The van der Waals surface area contributed by atoms with Crippen LogP contribution in [0.3, 0.4) is 0 Å². The summed E-state index contributed by atoms with van der Waals surface area (Å²) in [5, 5.41) is 12.3. The van der Waals surface area contributed by atoms with E-state index in [1.54, 1.807) is 31.2 Å². The Morgan fingerprint density at radius 1 is 1.10 bits per heavy atom. The van der Waals surface area contributed by atoms with Gasteiger partial charge in [-0.1, -0.05) is 31.9 Å². The predicted molar refractivity (Wildman–Crippen MR) is 139 cm³/mol. The molecule has 2 heterocycles. The lowest BCUT2D eigenvalue weighted by Gasteiger charge is -2.25. The van der Waals surface area contributed by atoms with Crippen molar-refractivity contribution in [1.82, 2.24) is 9.88 Å². The first-order valence-electron chi connectivity index (χ1n) is 12.7. The molecule has 3 aromatic rings. The van der Waals surface area contributed by atoms with Crippen LogP contribution >= 0.6 is 0 Å². The van der Waals surface area contributed by atoms with Gasteiger partial charge in [0, 0.05) is 23.7 Å². The number of carboxylic acid groups (broad SMARTS) is 1. The van der Waals surface area contributed by atoms with E-state index >= 15 is 0 Å². The van der Waals surface area contributed by atoms with Gasteiger partial charge in [-0.2, -0.15) is 0 Å². The number of halogens is 2. The molecule has 0 aliphatic carbocycles. The van der Waals surface area contributed by atoms with E-state index in [4.69, 9.17) is 9.47 Å².